The molecular weight excluding hydrogens is 190 g/mol. The van der Waals surface area contributed by atoms with E-state index in [-0.39, 0.29) is 12.0 Å². The molecule has 1 unspecified atom stereocenters. The number of piperidine rings is 1. The number of carbonyl (C=O) groups is 1. The zero-order chi connectivity index (χ0) is 11.1. The predicted octanol–water partition coefficient (Wildman–Crippen LogP) is 2.11. The lowest BCUT2D eigenvalue weighted by atomic mass is 10.1. The molecule has 1 saturated heterocycles. The molecule has 0 bridgehead atoms. The molecule has 0 aromatic rings. The van der Waals surface area contributed by atoms with Crippen molar-refractivity contribution in [2.75, 3.05) is 13.2 Å². The van der Waals surface area contributed by atoms with Gasteiger partial charge in [-0.15, -0.1) is 0 Å². The summed E-state index contributed by atoms with van der Waals surface area (Å²) in [7, 11) is 0. The summed E-state index contributed by atoms with van der Waals surface area (Å²) in [6, 6.07) is -0.0437. The monoisotopic (exact) mass is 213 g/mol. The van der Waals surface area contributed by atoms with Gasteiger partial charge in [0.1, 0.15) is 6.04 Å². The van der Waals surface area contributed by atoms with Gasteiger partial charge in [-0.3, -0.25) is 4.79 Å². The summed E-state index contributed by atoms with van der Waals surface area (Å²) in [6.45, 7) is 5.90. The second kappa shape index (κ2) is 6.83. The Morgan fingerprint density at radius 3 is 2.87 bits per heavy atom. The molecule has 0 spiro atoms. The first-order chi connectivity index (χ1) is 7.20. The Balaban J connectivity index is 2.07. The molecule has 1 atom stereocenters. The van der Waals surface area contributed by atoms with Gasteiger partial charge in [0.05, 0.1) is 6.61 Å². The molecule has 0 aromatic carbocycles. The predicted molar refractivity (Wildman–Crippen MR) is 60.7 cm³/mol. The zero-order valence-electron chi connectivity index (χ0n) is 9.92. The number of esters is 1. The van der Waals surface area contributed by atoms with Crippen LogP contribution in [0.2, 0.25) is 0 Å². The molecule has 1 heterocycles. The van der Waals surface area contributed by atoms with Crippen LogP contribution in [0.25, 0.3) is 0 Å². The first-order valence-corrected chi connectivity index (χ1v) is 6.10. The van der Waals surface area contributed by atoms with Gasteiger partial charge < -0.3 is 10.1 Å². The van der Waals surface area contributed by atoms with E-state index < -0.39 is 0 Å². The van der Waals surface area contributed by atoms with E-state index in [2.05, 4.69) is 19.2 Å². The van der Waals surface area contributed by atoms with Crippen molar-refractivity contribution >= 4 is 5.97 Å². The fourth-order valence-electron chi connectivity index (χ4n) is 1.82. The number of rotatable bonds is 5. The highest BCUT2D eigenvalue weighted by Crippen LogP contribution is 2.09. The second-order valence-corrected chi connectivity index (χ2v) is 4.71. The standard InChI is InChI=1S/C12H23NO2/c1-10(2)6-5-9-15-12(14)11-7-3-4-8-13-11/h10-11,13H,3-9H2,1-2H3. The Labute approximate surface area is 92.6 Å². The third-order valence-electron chi connectivity index (χ3n) is 2.76. The van der Waals surface area contributed by atoms with Crippen molar-refractivity contribution in [1.82, 2.24) is 5.32 Å². The lowest BCUT2D eigenvalue weighted by molar-refractivity contribution is -0.147. The van der Waals surface area contributed by atoms with Crippen LogP contribution < -0.4 is 5.32 Å². The molecular formula is C12H23NO2. The van der Waals surface area contributed by atoms with Gasteiger partial charge in [0.2, 0.25) is 0 Å². The molecule has 1 fully saturated rings. The molecule has 88 valence electrons. The maximum atomic E-state index is 11.6. The molecule has 3 nitrogen and oxygen atoms in total. The molecule has 0 amide bonds. The van der Waals surface area contributed by atoms with Crippen LogP contribution in [0.1, 0.15) is 46.0 Å². The highest BCUT2D eigenvalue weighted by molar-refractivity contribution is 5.75. The van der Waals surface area contributed by atoms with Gasteiger partial charge >= 0.3 is 5.97 Å². The lowest BCUT2D eigenvalue weighted by Crippen LogP contribution is -2.41. The first-order valence-electron chi connectivity index (χ1n) is 6.10. The van der Waals surface area contributed by atoms with Crippen LogP contribution in [0.5, 0.6) is 0 Å². The van der Waals surface area contributed by atoms with Crippen molar-refractivity contribution in [3.63, 3.8) is 0 Å². The minimum atomic E-state index is -0.0570. The van der Waals surface area contributed by atoms with Gasteiger partial charge in [0.15, 0.2) is 0 Å². The van der Waals surface area contributed by atoms with E-state index in [1.807, 2.05) is 0 Å². The van der Waals surface area contributed by atoms with E-state index in [4.69, 9.17) is 4.74 Å². The topological polar surface area (TPSA) is 38.3 Å². The smallest absolute Gasteiger partial charge is 0.323 e. The van der Waals surface area contributed by atoms with Crippen molar-refractivity contribution in [1.29, 1.82) is 0 Å². The van der Waals surface area contributed by atoms with Gasteiger partial charge in [-0.05, 0) is 38.1 Å². The van der Waals surface area contributed by atoms with Crippen LogP contribution >= 0.6 is 0 Å². The van der Waals surface area contributed by atoms with Crippen molar-refractivity contribution < 1.29 is 9.53 Å². The fraction of sp³-hybridized carbons (Fsp3) is 0.917. The summed E-state index contributed by atoms with van der Waals surface area (Å²) >= 11 is 0. The molecule has 0 saturated carbocycles. The third kappa shape index (κ3) is 5.17. The molecule has 1 N–H and O–H groups in total. The van der Waals surface area contributed by atoms with E-state index in [1.165, 1.54) is 6.42 Å². The minimum Gasteiger partial charge on any atom is -0.465 e. The van der Waals surface area contributed by atoms with Crippen molar-refractivity contribution in [3.05, 3.63) is 0 Å². The van der Waals surface area contributed by atoms with Gasteiger partial charge in [-0.1, -0.05) is 20.3 Å². The van der Waals surface area contributed by atoms with Crippen molar-refractivity contribution in [2.45, 2.75) is 52.0 Å². The van der Waals surface area contributed by atoms with E-state index in [0.29, 0.717) is 12.5 Å². The van der Waals surface area contributed by atoms with Crippen LogP contribution in [-0.2, 0) is 9.53 Å². The van der Waals surface area contributed by atoms with E-state index in [1.54, 1.807) is 0 Å². The Kier molecular flexibility index (Phi) is 5.69. The molecule has 3 heteroatoms. The van der Waals surface area contributed by atoms with E-state index in [9.17, 15) is 4.79 Å². The number of hydrogen-bond acceptors (Lipinski definition) is 3. The quantitative estimate of drug-likeness (QED) is 0.561. The molecule has 15 heavy (non-hydrogen) atoms. The van der Waals surface area contributed by atoms with Crippen LogP contribution in [-0.4, -0.2) is 25.2 Å². The van der Waals surface area contributed by atoms with Gasteiger partial charge in [-0.25, -0.2) is 0 Å². The summed E-state index contributed by atoms with van der Waals surface area (Å²) in [4.78, 5) is 11.6. The maximum absolute atomic E-state index is 11.6. The van der Waals surface area contributed by atoms with Crippen LogP contribution in [0, 0.1) is 5.92 Å². The van der Waals surface area contributed by atoms with Gasteiger partial charge in [0, 0.05) is 0 Å². The minimum absolute atomic E-state index is 0.0437. The zero-order valence-corrected chi connectivity index (χ0v) is 9.92. The third-order valence-corrected chi connectivity index (χ3v) is 2.76. The van der Waals surface area contributed by atoms with Crippen LogP contribution in [0.4, 0.5) is 0 Å². The SMILES string of the molecule is CC(C)CCCOC(=O)C1CCCCN1. The highest BCUT2D eigenvalue weighted by atomic mass is 16.5. The summed E-state index contributed by atoms with van der Waals surface area (Å²) in [5.74, 6) is 0.634. The highest BCUT2D eigenvalue weighted by Gasteiger charge is 2.21. The number of hydrogen-bond donors (Lipinski definition) is 1. The molecule has 1 aliphatic rings. The van der Waals surface area contributed by atoms with Crippen molar-refractivity contribution in [3.8, 4) is 0 Å². The van der Waals surface area contributed by atoms with Crippen molar-refractivity contribution in [2.24, 2.45) is 5.92 Å². The summed E-state index contributed by atoms with van der Waals surface area (Å²) in [6.07, 6.45) is 5.36. The Morgan fingerprint density at radius 1 is 1.47 bits per heavy atom. The molecule has 0 radical (unpaired) electrons. The van der Waals surface area contributed by atoms with Crippen LogP contribution in [0.15, 0.2) is 0 Å². The number of carbonyl (C=O) groups excluding carboxylic acids is 1. The normalized spacial score (nSPS) is 21.7. The maximum Gasteiger partial charge on any atom is 0.323 e. The largest absolute Gasteiger partial charge is 0.465 e. The van der Waals surface area contributed by atoms with E-state index in [0.717, 1.165) is 32.2 Å². The number of nitrogens with one attached hydrogen (secondary N) is 1. The Hall–Kier alpha value is -0.570. The first kappa shape index (κ1) is 12.5. The molecule has 1 aliphatic heterocycles. The van der Waals surface area contributed by atoms with Gasteiger partial charge in [-0.2, -0.15) is 0 Å². The summed E-state index contributed by atoms with van der Waals surface area (Å²) in [5, 5.41) is 3.19. The summed E-state index contributed by atoms with van der Waals surface area (Å²) in [5.41, 5.74) is 0. The average molecular weight is 213 g/mol. The van der Waals surface area contributed by atoms with Gasteiger partial charge in [0.25, 0.3) is 0 Å². The summed E-state index contributed by atoms with van der Waals surface area (Å²) < 4.78 is 5.23. The molecule has 0 aliphatic carbocycles. The second-order valence-electron chi connectivity index (χ2n) is 4.71. The average Bonchev–Trinajstić information content (AvgIpc) is 2.25. The molecule has 0 aromatic heterocycles. The fourth-order valence-corrected chi connectivity index (χ4v) is 1.82. The van der Waals surface area contributed by atoms with Crippen LogP contribution in [0.3, 0.4) is 0 Å². The Bertz CT molecular complexity index is 186. The lowest BCUT2D eigenvalue weighted by Gasteiger charge is -2.21. The molecule has 1 rings (SSSR count). The Morgan fingerprint density at radius 2 is 2.27 bits per heavy atom. The number of ether oxygens (including phenoxy) is 1. The van der Waals surface area contributed by atoms with E-state index >= 15 is 0 Å².